The number of methoxy groups -OCH3 is 2. The van der Waals surface area contributed by atoms with Gasteiger partial charge in [-0.05, 0) is 30.2 Å². The fourth-order valence-electron chi connectivity index (χ4n) is 2.74. The van der Waals surface area contributed by atoms with Crippen LogP contribution in [0.2, 0.25) is 0 Å². The molecule has 1 aliphatic heterocycles. The number of ether oxygens (including phenoxy) is 2. The zero-order valence-electron chi connectivity index (χ0n) is 14.3. The molecule has 0 unspecified atom stereocenters. The Morgan fingerprint density at radius 3 is 2.52 bits per heavy atom. The molecule has 0 atom stereocenters. The first-order valence-electron chi connectivity index (χ1n) is 8.05. The van der Waals surface area contributed by atoms with Crippen LogP contribution in [0, 0.1) is 6.92 Å². The number of rotatable bonds is 7. The smallest absolute Gasteiger partial charge is 0.224 e. The lowest BCUT2D eigenvalue weighted by atomic mass is 10.0. The van der Waals surface area contributed by atoms with E-state index in [-0.39, 0.29) is 5.91 Å². The summed E-state index contributed by atoms with van der Waals surface area (Å²) in [6, 6.07) is 3.78. The van der Waals surface area contributed by atoms with Crippen molar-refractivity contribution in [1.82, 2.24) is 15.5 Å². The molecule has 0 bridgehead atoms. The molecule has 2 N–H and O–H groups in total. The topological polar surface area (TPSA) is 62.8 Å². The molecule has 1 fully saturated rings. The molecular formula is C17H27N3O3. The van der Waals surface area contributed by atoms with Crippen LogP contribution in [0.5, 0.6) is 11.5 Å². The van der Waals surface area contributed by atoms with Crippen LogP contribution in [0.15, 0.2) is 12.1 Å². The number of benzene rings is 1. The number of amides is 1. The van der Waals surface area contributed by atoms with Crippen LogP contribution >= 0.6 is 0 Å². The summed E-state index contributed by atoms with van der Waals surface area (Å²) in [5, 5.41) is 6.32. The van der Waals surface area contributed by atoms with E-state index in [0.717, 1.165) is 43.9 Å². The third-order valence-corrected chi connectivity index (χ3v) is 4.15. The van der Waals surface area contributed by atoms with Gasteiger partial charge in [0.05, 0.1) is 20.6 Å². The Balaban J connectivity index is 1.84. The van der Waals surface area contributed by atoms with Crippen LogP contribution in [0.25, 0.3) is 0 Å². The van der Waals surface area contributed by atoms with Crippen molar-refractivity contribution >= 4 is 5.91 Å². The lowest BCUT2D eigenvalue weighted by Crippen LogP contribution is -2.46. The summed E-state index contributed by atoms with van der Waals surface area (Å²) in [4.78, 5) is 14.5. The second kappa shape index (κ2) is 8.74. The standard InChI is InChI=1S/C17H27N3O3/c1-13-10-15(22-2)16(23-3)11-14(13)12-17(21)19-6-9-20-7-4-18-5-8-20/h10-11,18H,4-9,12H2,1-3H3,(H,19,21). The summed E-state index contributed by atoms with van der Waals surface area (Å²) in [5.41, 5.74) is 1.99. The monoisotopic (exact) mass is 321 g/mol. The fourth-order valence-corrected chi connectivity index (χ4v) is 2.74. The summed E-state index contributed by atoms with van der Waals surface area (Å²) in [5.74, 6) is 1.38. The van der Waals surface area contributed by atoms with Crippen LogP contribution in [-0.4, -0.2) is 64.3 Å². The number of aryl methyl sites for hydroxylation is 1. The molecule has 1 aliphatic rings. The number of nitrogens with zero attached hydrogens (tertiary/aromatic N) is 1. The molecule has 1 aromatic carbocycles. The number of hydrogen-bond donors (Lipinski definition) is 2. The Hall–Kier alpha value is -1.79. The molecule has 0 spiro atoms. The highest BCUT2D eigenvalue weighted by molar-refractivity contribution is 5.79. The van der Waals surface area contributed by atoms with Crippen molar-refractivity contribution in [1.29, 1.82) is 0 Å². The van der Waals surface area contributed by atoms with Crippen LogP contribution in [0.4, 0.5) is 0 Å². The van der Waals surface area contributed by atoms with Crippen LogP contribution in [0.3, 0.4) is 0 Å². The maximum Gasteiger partial charge on any atom is 0.224 e. The molecule has 0 saturated carbocycles. The first kappa shape index (κ1) is 17.6. The van der Waals surface area contributed by atoms with Crippen LogP contribution < -0.4 is 20.1 Å². The second-order valence-corrected chi connectivity index (χ2v) is 5.75. The highest BCUT2D eigenvalue weighted by Gasteiger charge is 2.13. The van der Waals surface area contributed by atoms with Crippen molar-refractivity contribution in [2.75, 3.05) is 53.5 Å². The third kappa shape index (κ3) is 5.11. The van der Waals surface area contributed by atoms with E-state index in [1.54, 1.807) is 14.2 Å². The van der Waals surface area contributed by atoms with Gasteiger partial charge in [0.2, 0.25) is 5.91 Å². The highest BCUT2D eigenvalue weighted by atomic mass is 16.5. The van der Waals surface area contributed by atoms with E-state index < -0.39 is 0 Å². The van der Waals surface area contributed by atoms with Gasteiger partial charge in [0.1, 0.15) is 0 Å². The average molecular weight is 321 g/mol. The SMILES string of the molecule is COc1cc(C)c(CC(=O)NCCN2CCNCC2)cc1OC. The first-order chi connectivity index (χ1) is 11.1. The lowest BCUT2D eigenvalue weighted by molar-refractivity contribution is -0.120. The Bertz CT molecular complexity index is 528. The molecule has 6 heteroatoms. The maximum atomic E-state index is 12.1. The van der Waals surface area contributed by atoms with E-state index in [1.165, 1.54) is 0 Å². The van der Waals surface area contributed by atoms with Gasteiger partial charge in [-0.1, -0.05) is 0 Å². The molecule has 0 radical (unpaired) electrons. The molecule has 1 aromatic rings. The molecule has 1 amide bonds. The Morgan fingerprint density at radius 1 is 1.22 bits per heavy atom. The number of nitrogens with one attached hydrogen (secondary N) is 2. The minimum absolute atomic E-state index is 0.0375. The first-order valence-corrected chi connectivity index (χ1v) is 8.05. The van der Waals surface area contributed by atoms with Crippen molar-refractivity contribution in [3.8, 4) is 11.5 Å². The maximum absolute atomic E-state index is 12.1. The van der Waals surface area contributed by atoms with Crippen molar-refractivity contribution < 1.29 is 14.3 Å². The van der Waals surface area contributed by atoms with Crippen LogP contribution in [-0.2, 0) is 11.2 Å². The number of piperazine rings is 1. The normalized spacial score (nSPS) is 15.3. The number of carbonyl (C=O) groups excluding carboxylic acids is 1. The van der Waals surface area contributed by atoms with E-state index in [9.17, 15) is 4.79 Å². The molecule has 0 aromatic heterocycles. The number of carbonyl (C=O) groups is 1. The molecule has 128 valence electrons. The quantitative estimate of drug-likeness (QED) is 0.769. The van der Waals surface area contributed by atoms with Gasteiger partial charge in [-0.3, -0.25) is 9.69 Å². The third-order valence-electron chi connectivity index (χ3n) is 4.15. The van der Waals surface area contributed by atoms with Gasteiger partial charge in [-0.25, -0.2) is 0 Å². The largest absolute Gasteiger partial charge is 0.493 e. The predicted octanol–water partition coefficient (Wildman–Crippen LogP) is 0.576. The van der Waals surface area contributed by atoms with Gasteiger partial charge in [0.25, 0.3) is 0 Å². The zero-order chi connectivity index (χ0) is 16.7. The van der Waals surface area contributed by atoms with E-state index in [1.807, 2.05) is 19.1 Å². The molecule has 0 aliphatic carbocycles. The molecular weight excluding hydrogens is 294 g/mol. The summed E-state index contributed by atoms with van der Waals surface area (Å²) in [6.45, 7) is 7.71. The minimum Gasteiger partial charge on any atom is -0.493 e. The van der Waals surface area contributed by atoms with Crippen molar-refractivity contribution in [2.24, 2.45) is 0 Å². The van der Waals surface area contributed by atoms with Gasteiger partial charge >= 0.3 is 0 Å². The Kier molecular flexibility index (Phi) is 6.67. The minimum atomic E-state index is 0.0375. The van der Waals surface area contributed by atoms with Crippen LogP contribution in [0.1, 0.15) is 11.1 Å². The van der Waals surface area contributed by atoms with Crippen molar-refractivity contribution in [3.05, 3.63) is 23.3 Å². The predicted molar refractivity (Wildman–Crippen MR) is 90.3 cm³/mol. The molecule has 23 heavy (non-hydrogen) atoms. The summed E-state index contributed by atoms with van der Waals surface area (Å²) in [6.07, 6.45) is 0.355. The van der Waals surface area contributed by atoms with Crippen molar-refractivity contribution in [2.45, 2.75) is 13.3 Å². The van der Waals surface area contributed by atoms with Gasteiger partial charge in [0.15, 0.2) is 11.5 Å². The second-order valence-electron chi connectivity index (χ2n) is 5.75. The fraction of sp³-hybridized carbons (Fsp3) is 0.588. The average Bonchev–Trinajstić information content (AvgIpc) is 2.57. The van der Waals surface area contributed by atoms with E-state index in [4.69, 9.17) is 9.47 Å². The molecule has 1 heterocycles. The Labute approximate surface area is 138 Å². The van der Waals surface area contributed by atoms with E-state index in [2.05, 4.69) is 15.5 Å². The van der Waals surface area contributed by atoms with Gasteiger partial charge < -0.3 is 20.1 Å². The molecule has 1 saturated heterocycles. The van der Waals surface area contributed by atoms with Crippen molar-refractivity contribution in [3.63, 3.8) is 0 Å². The highest BCUT2D eigenvalue weighted by Crippen LogP contribution is 2.30. The zero-order valence-corrected chi connectivity index (χ0v) is 14.3. The van der Waals surface area contributed by atoms with Gasteiger partial charge in [-0.2, -0.15) is 0 Å². The molecule has 2 rings (SSSR count). The lowest BCUT2D eigenvalue weighted by Gasteiger charge is -2.27. The summed E-state index contributed by atoms with van der Waals surface area (Å²) in [7, 11) is 3.21. The summed E-state index contributed by atoms with van der Waals surface area (Å²) < 4.78 is 10.6. The van der Waals surface area contributed by atoms with Gasteiger partial charge in [-0.15, -0.1) is 0 Å². The summed E-state index contributed by atoms with van der Waals surface area (Å²) >= 11 is 0. The number of hydrogen-bond acceptors (Lipinski definition) is 5. The van der Waals surface area contributed by atoms with Gasteiger partial charge in [0, 0.05) is 39.3 Å². The Morgan fingerprint density at radius 2 is 1.87 bits per heavy atom. The van der Waals surface area contributed by atoms with E-state index in [0.29, 0.717) is 24.5 Å². The molecule has 6 nitrogen and oxygen atoms in total. The van der Waals surface area contributed by atoms with E-state index >= 15 is 0 Å².